The quantitative estimate of drug-likeness (QED) is 0.601. The molecule has 29 heavy (non-hydrogen) atoms. The van der Waals surface area contributed by atoms with Gasteiger partial charge in [-0.15, -0.1) is 0 Å². The fourth-order valence-corrected chi connectivity index (χ4v) is 3.56. The maximum Gasteiger partial charge on any atom is 0.233 e. The lowest BCUT2D eigenvalue weighted by Crippen LogP contribution is -2.06. The molecule has 2 aromatic heterocycles. The smallest absolute Gasteiger partial charge is 0.233 e. The molecule has 1 aromatic carbocycles. The molecule has 1 fully saturated rings. The van der Waals surface area contributed by atoms with E-state index in [4.69, 9.17) is 0 Å². The van der Waals surface area contributed by atoms with E-state index in [1.807, 2.05) is 44.2 Å². The van der Waals surface area contributed by atoms with Crippen molar-refractivity contribution in [3.63, 3.8) is 0 Å². The highest BCUT2D eigenvalue weighted by Crippen LogP contribution is 2.31. The largest absolute Gasteiger partial charge is 0.299 e. The van der Waals surface area contributed by atoms with Gasteiger partial charge in [0.2, 0.25) is 11.9 Å². The van der Waals surface area contributed by atoms with Gasteiger partial charge in [-0.1, -0.05) is 19.1 Å². The second-order valence-electron chi connectivity index (χ2n) is 7.02. The van der Waals surface area contributed by atoms with Crippen molar-refractivity contribution in [3.05, 3.63) is 53.6 Å². The minimum absolute atomic E-state index is 0.296. The van der Waals surface area contributed by atoms with Gasteiger partial charge in [-0.05, 0) is 55.3 Å². The van der Waals surface area contributed by atoms with E-state index in [0.29, 0.717) is 47.4 Å². The summed E-state index contributed by atoms with van der Waals surface area (Å²) >= 11 is 1.46. The SMILES string of the molecule is CCc1nc(Nc2nccc(C)n2)nc(Sc2ccc(CC(=O)C3CC3)cc2)n1. The van der Waals surface area contributed by atoms with E-state index < -0.39 is 0 Å². The first-order valence-electron chi connectivity index (χ1n) is 9.70. The number of benzene rings is 1. The highest BCUT2D eigenvalue weighted by atomic mass is 32.2. The van der Waals surface area contributed by atoms with Crippen LogP contribution in [-0.4, -0.2) is 30.7 Å². The summed E-state index contributed by atoms with van der Waals surface area (Å²) < 4.78 is 0. The van der Waals surface area contributed by atoms with E-state index in [9.17, 15) is 4.79 Å². The Bertz CT molecular complexity index is 1020. The van der Waals surface area contributed by atoms with Crippen LogP contribution in [0.4, 0.5) is 11.9 Å². The van der Waals surface area contributed by atoms with Gasteiger partial charge in [0.15, 0.2) is 5.16 Å². The van der Waals surface area contributed by atoms with Crippen LogP contribution in [0, 0.1) is 12.8 Å². The van der Waals surface area contributed by atoms with Crippen molar-refractivity contribution in [2.75, 3.05) is 5.32 Å². The molecular formula is C21H22N6OS. The monoisotopic (exact) mass is 406 g/mol. The maximum absolute atomic E-state index is 12.0. The Labute approximate surface area is 173 Å². The van der Waals surface area contributed by atoms with Crippen molar-refractivity contribution in [1.82, 2.24) is 24.9 Å². The third-order valence-corrected chi connectivity index (χ3v) is 5.41. The number of anilines is 2. The minimum Gasteiger partial charge on any atom is -0.299 e. The number of hydrogen-bond acceptors (Lipinski definition) is 8. The third kappa shape index (κ3) is 5.35. The molecule has 8 heteroatoms. The molecule has 0 unspecified atom stereocenters. The van der Waals surface area contributed by atoms with Gasteiger partial charge in [0, 0.05) is 35.5 Å². The second-order valence-corrected chi connectivity index (χ2v) is 8.06. The fourth-order valence-electron chi connectivity index (χ4n) is 2.80. The van der Waals surface area contributed by atoms with Crippen molar-refractivity contribution in [3.8, 4) is 0 Å². The van der Waals surface area contributed by atoms with Crippen molar-refractivity contribution in [1.29, 1.82) is 0 Å². The van der Waals surface area contributed by atoms with Crippen molar-refractivity contribution < 1.29 is 4.79 Å². The average Bonchev–Trinajstić information content (AvgIpc) is 3.55. The number of aryl methyl sites for hydroxylation is 2. The molecule has 148 valence electrons. The number of carbonyl (C=O) groups is 1. The average molecular weight is 407 g/mol. The van der Waals surface area contributed by atoms with Gasteiger partial charge < -0.3 is 0 Å². The van der Waals surface area contributed by atoms with E-state index in [2.05, 4.69) is 30.2 Å². The molecule has 0 saturated heterocycles. The van der Waals surface area contributed by atoms with Crippen LogP contribution in [0.25, 0.3) is 0 Å². The molecule has 1 aliphatic carbocycles. The fraction of sp³-hybridized carbons (Fsp3) is 0.333. The van der Waals surface area contributed by atoms with E-state index >= 15 is 0 Å². The first-order chi connectivity index (χ1) is 14.1. The number of nitrogens with zero attached hydrogens (tertiary/aromatic N) is 5. The molecule has 0 amide bonds. The highest BCUT2D eigenvalue weighted by Gasteiger charge is 2.28. The number of nitrogens with one attached hydrogen (secondary N) is 1. The molecule has 0 atom stereocenters. The number of ketones is 1. The molecule has 7 nitrogen and oxygen atoms in total. The zero-order valence-corrected chi connectivity index (χ0v) is 17.2. The summed E-state index contributed by atoms with van der Waals surface area (Å²) in [5.74, 6) is 2.23. The Morgan fingerprint density at radius 3 is 2.55 bits per heavy atom. The topological polar surface area (TPSA) is 93.5 Å². The zero-order chi connectivity index (χ0) is 20.2. The van der Waals surface area contributed by atoms with Gasteiger partial charge in [0.25, 0.3) is 0 Å². The van der Waals surface area contributed by atoms with E-state index in [-0.39, 0.29) is 0 Å². The van der Waals surface area contributed by atoms with Gasteiger partial charge >= 0.3 is 0 Å². The first-order valence-corrected chi connectivity index (χ1v) is 10.5. The molecule has 0 aliphatic heterocycles. The molecule has 1 aliphatic rings. The maximum atomic E-state index is 12.0. The predicted octanol–water partition coefficient (Wildman–Crippen LogP) is 3.95. The summed E-state index contributed by atoms with van der Waals surface area (Å²) in [6.45, 7) is 3.91. The lowest BCUT2D eigenvalue weighted by Gasteiger charge is -2.08. The van der Waals surface area contributed by atoms with Gasteiger partial charge in [0.1, 0.15) is 11.6 Å². The van der Waals surface area contributed by atoms with Crippen LogP contribution in [0.15, 0.2) is 46.6 Å². The summed E-state index contributed by atoms with van der Waals surface area (Å²) in [6, 6.07) is 9.85. The van der Waals surface area contributed by atoms with Crippen LogP contribution in [0.3, 0.4) is 0 Å². The molecule has 1 saturated carbocycles. The Balaban J connectivity index is 1.48. The van der Waals surface area contributed by atoms with Crippen LogP contribution in [-0.2, 0) is 17.6 Å². The molecule has 0 bridgehead atoms. The minimum atomic E-state index is 0.296. The van der Waals surface area contributed by atoms with Crippen molar-refractivity contribution >= 4 is 29.4 Å². The Morgan fingerprint density at radius 1 is 1.07 bits per heavy atom. The summed E-state index contributed by atoms with van der Waals surface area (Å²) in [6.07, 6.45) is 5.01. The summed E-state index contributed by atoms with van der Waals surface area (Å²) in [4.78, 5) is 35.0. The lowest BCUT2D eigenvalue weighted by molar-refractivity contribution is -0.119. The van der Waals surface area contributed by atoms with Gasteiger partial charge in [0.05, 0.1) is 0 Å². The number of carbonyl (C=O) groups excluding carboxylic acids is 1. The Morgan fingerprint density at radius 2 is 1.86 bits per heavy atom. The van der Waals surface area contributed by atoms with Crippen LogP contribution < -0.4 is 5.32 Å². The standard InChI is InChI=1S/C21H22N6OS/c1-3-18-24-20(26-19-22-11-10-13(2)23-19)27-21(25-18)29-16-8-4-14(5-9-16)12-17(28)15-6-7-15/h4-5,8-11,15H,3,6-7,12H2,1-2H3,(H,22,23,24,25,26,27). The highest BCUT2D eigenvalue weighted by molar-refractivity contribution is 7.99. The van der Waals surface area contributed by atoms with E-state index in [1.165, 1.54) is 11.8 Å². The molecule has 1 N–H and O–H groups in total. The van der Waals surface area contributed by atoms with Crippen LogP contribution in [0.5, 0.6) is 0 Å². The number of Topliss-reactive ketones (excluding diaryl/α,β-unsaturated/α-hetero) is 1. The van der Waals surface area contributed by atoms with Crippen molar-refractivity contribution in [2.24, 2.45) is 5.92 Å². The zero-order valence-electron chi connectivity index (χ0n) is 16.4. The summed E-state index contributed by atoms with van der Waals surface area (Å²) in [5, 5.41) is 3.66. The van der Waals surface area contributed by atoms with Crippen LogP contribution in [0.1, 0.15) is 36.8 Å². The van der Waals surface area contributed by atoms with Gasteiger partial charge in [-0.25, -0.2) is 15.0 Å². The molecule has 2 heterocycles. The first kappa shape index (κ1) is 19.4. The van der Waals surface area contributed by atoms with Gasteiger partial charge in [-0.3, -0.25) is 10.1 Å². The van der Waals surface area contributed by atoms with E-state index in [0.717, 1.165) is 29.0 Å². The molecular weight excluding hydrogens is 384 g/mol. The van der Waals surface area contributed by atoms with Crippen LogP contribution in [0.2, 0.25) is 0 Å². The normalized spacial score (nSPS) is 13.3. The summed E-state index contributed by atoms with van der Waals surface area (Å²) in [7, 11) is 0. The molecule has 3 aromatic rings. The Kier molecular flexibility index (Phi) is 5.80. The molecule has 0 radical (unpaired) electrons. The number of aromatic nitrogens is 5. The summed E-state index contributed by atoms with van der Waals surface area (Å²) in [5.41, 5.74) is 1.91. The predicted molar refractivity (Wildman–Crippen MR) is 111 cm³/mol. The molecule has 4 rings (SSSR count). The van der Waals surface area contributed by atoms with Crippen LogP contribution >= 0.6 is 11.8 Å². The number of rotatable bonds is 8. The Hall–Kier alpha value is -2.87. The lowest BCUT2D eigenvalue weighted by atomic mass is 10.1. The second kappa shape index (κ2) is 8.65. The number of hydrogen-bond donors (Lipinski definition) is 1. The van der Waals surface area contributed by atoms with Crippen molar-refractivity contribution in [2.45, 2.75) is 49.6 Å². The van der Waals surface area contributed by atoms with Gasteiger partial charge in [-0.2, -0.15) is 9.97 Å². The third-order valence-electron chi connectivity index (χ3n) is 4.54. The molecule has 0 spiro atoms. The van der Waals surface area contributed by atoms with E-state index in [1.54, 1.807) is 6.20 Å².